The predicted octanol–water partition coefficient (Wildman–Crippen LogP) is 1.78. The third-order valence-electron chi connectivity index (χ3n) is 3.90. The van der Waals surface area contributed by atoms with Gasteiger partial charge >= 0.3 is 0 Å². The van der Waals surface area contributed by atoms with E-state index in [0.717, 1.165) is 35.6 Å². The fourth-order valence-electron chi connectivity index (χ4n) is 2.59. The highest BCUT2D eigenvalue weighted by Gasteiger charge is 2.14. The first-order chi connectivity index (χ1) is 10.9. The highest BCUT2D eigenvalue weighted by atomic mass is 32.2. The second kappa shape index (κ2) is 6.23. The van der Waals surface area contributed by atoms with Crippen molar-refractivity contribution in [1.82, 2.24) is 9.78 Å². The van der Waals surface area contributed by atoms with E-state index in [1.165, 1.54) is 11.8 Å². The van der Waals surface area contributed by atoms with Gasteiger partial charge in [0.1, 0.15) is 15.6 Å². The van der Waals surface area contributed by atoms with Gasteiger partial charge in [0, 0.05) is 36.7 Å². The molecule has 7 heteroatoms. The molecule has 1 aliphatic rings. The third-order valence-corrected chi connectivity index (χ3v) is 4.82. The van der Waals surface area contributed by atoms with Crippen molar-refractivity contribution in [3.8, 4) is 5.75 Å². The summed E-state index contributed by atoms with van der Waals surface area (Å²) >= 11 is 0. The molecule has 23 heavy (non-hydrogen) atoms. The molecule has 3 rings (SSSR count). The van der Waals surface area contributed by atoms with Gasteiger partial charge in [-0.15, -0.1) is 0 Å². The summed E-state index contributed by atoms with van der Waals surface area (Å²) in [4.78, 5) is 0. The molecular formula is C16H21N3O3S. The maximum absolute atomic E-state index is 11.2. The Hall–Kier alpha value is -2.02. The lowest BCUT2D eigenvalue weighted by molar-refractivity contribution is 0.356. The lowest BCUT2D eigenvalue weighted by Crippen LogP contribution is -2.11. The van der Waals surface area contributed by atoms with Crippen molar-refractivity contribution < 1.29 is 13.2 Å². The van der Waals surface area contributed by atoms with E-state index in [4.69, 9.17) is 4.74 Å². The fraction of sp³-hybridized carbons (Fsp3) is 0.438. The maximum atomic E-state index is 11.2. The Balaban J connectivity index is 1.62. The van der Waals surface area contributed by atoms with Crippen LogP contribution >= 0.6 is 0 Å². The Kier molecular flexibility index (Phi) is 4.30. The van der Waals surface area contributed by atoms with Gasteiger partial charge in [-0.05, 0) is 30.2 Å². The Morgan fingerprint density at radius 1 is 1.39 bits per heavy atom. The van der Waals surface area contributed by atoms with E-state index in [1.807, 2.05) is 6.20 Å². The molecule has 1 aromatic carbocycles. The van der Waals surface area contributed by atoms with Crippen molar-refractivity contribution in [3.63, 3.8) is 0 Å². The zero-order chi connectivity index (χ0) is 16.4. The van der Waals surface area contributed by atoms with Crippen LogP contribution in [0.25, 0.3) is 0 Å². The quantitative estimate of drug-likeness (QED) is 0.871. The van der Waals surface area contributed by atoms with E-state index in [9.17, 15) is 8.42 Å². The van der Waals surface area contributed by atoms with E-state index in [2.05, 4.69) is 29.5 Å². The fourth-order valence-corrected chi connectivity index (χ4v) is 3.11. The number of sulfone groups is 1. The van der Waals surface area contributed by atoms with Crippen LogP contribution in [0.1, 0.15) is 16.7 Å². The van der Waals surface area contributed by atoms with Gasteiger partial charge in [-0.25, -0.2) is 8.42 Å². The molecule has 0 radical (unpaired) electrons. The minimum atomic E-state index is -2.97. The average Bonchev–Trinajstić information content (AvgIpc) is 3.10. The number of benzene rings is 1. The summed E-state index contributed by atoms with van der Waals surface area (Å²) in [5.41, 5.74) is 4.50. The van der Waals surface area contributed by atoms with Crippen LogP contribution in [-0.2, 0) is 29.3 Å². The van der Waals surface area contributed by atoms with E-state index in [1.54, 1.807) is 10.9 Å². The summed E-state index contributed by atoms with van der Waals surface area (Å²) in [5, 5.41) is 7.62. The van der Waals surface area contributed by atoms with Crippen molar-refractivity contribution in [2.24, 2.45) is 0 Å². The SMILES string of the molecule is Cc1cc2c(cc1NCc1cnn(CCS(C)(=O)=O)c1)CCO2. The van der Waals surface area contributed by atoms with Gasteiger partial charge in [0.25, 0.3) is 0 Å². The number of hydrogen-bond donors (Lipinski definition) is 1. The van der Waals surface area contributed by atoms with Gasteiger partial charge in [-0.1, -0.05) is 0 Å². The van der Waals surface area contributed by atoms with Crippen LogP contribution in [0.3, 0.4) is 0 Å². The van der Waals surface area contributed by atoms with Gasteiger partial charge in [0.05, 0.1) is 25.1 Å². The minimum Gasteiger partial charge on any atom is -0.493 e. The van der Waals surface area contributed by atoms with Crippen LogP contribution in [0.5, 0.6) is 5.75 Å². The summed E-state index contributed by atoms with van der Waals surface area (Å²) in [6.45, 7) is 3.85. The molecule has 2 aromatic rings. The number of ether oxygens (including phenoxy) is 1. The third kappa shape index (κ3) is 4.04. The topological polar surface area (TPSA) is 73.2 Å². The van der Waals surface area contributed by atoms with E-state index < -0.39 is 9.84 Å². The molecular weight excluding hydrogens is 314 g/mol. The standard InChI is InChI=1S/C16H21N3O3S/c1-12-7-16-14(3-5-22-16)8-15(12)17-9-13-10-18-19(11-13)4-6-23(2,20)21/h7-8,10-11,17H,3-6,9H2,1-2H3. The van der Waals surface area contributed by atoms with Gasteiger partial charge in [0.2, 0.25) is 0 Å². The first-order valence-electron chi connectivity index (χ1n) is 7.60. The first-order valence-corrected chi connectivity index (χ1v) is 9.66. The summed E-state index contributed by atoms with van der Waals surface area (Å²) in [6, 6.07) is 4.21. The molecule has 6 nitrogen and oxygen atoms in total. The number of aryl methyl sites for hydroxylation is 2. The molecule has 0 bridgehead atoms. The van der Waals surface area contributed by atoms with Crippen LogP contribution in [0.4, 0.5) is 5.69 Å². The molecule has 1 aliphatic heterocycles. The Morgan fingerprint density at radius 3 is 3.00 bits per heavy atom. The minimum absolute atomic E-state index is 0.103. The molecule has 0 unspecified atom stereocenters. The maximum Gasteiger partial charge on any atom is 0.149 e. The monoisotopic (exact) mass is 335 g/mol. The van der Waals surface area contributed by atoms with Gasteiger partial charge in [-0.3, -0.25) is 4.68 Å². The zero-order valence-corrected chi connectivity index (χ0v) is 14.2. The molecule has 124 valence electrons. The van der Waals surface area contributed by atoms with Gasteiger partial charge in [-0.2, -0.15) is 5.10 Å². The van der Waals surface area contributed by atoms with Crippen molar-refractivity contribution >= 4 is 15.5 Å². The lowest BCUT2D eigenvalue weighted by Gasteiger charge is -2.10. The van der Waals surface area contributed by atoms with Crippen LogP contribution in [0.2, 0.25) is 0 Å². The molecule has 0 fully saturated rings. The second-order valence-electron chi connectivity index (χ2n) is 5.97. The highest BCUT2D eigenvalue weighted by Crippen LogP contribution is 2.31. The number of anilines is 1. The molecule has 0 atom stereocenters. The highest BCUT2D eigenvalue weighted by molar-refractivity contribution is 7.90. The molecule has 1 N–H and O–H groups in total. The first kappa shape index (κ1) is 15.9. The second-order valence-corrected chi connectivity index (χ2v) is 8.23. The number of hydrogen-bond acceptors (Lipinski definition) is 5. The van der Waals surface area contributed by atoms with Crippen molar-refractivity contribution in [2.45, 2.75) is 26.4 Å². The smallest absolute Gasteiger partial charge is 0.149 e. The van der Waals surface area contributed by atoms with Crippen LogP contribution in [-0.4, -0.2) is 36.8 Å². The van der Waals surface area contributed by atoms with Gasteiger partial charge in [0.15, 0.2) is 0 Å². The van der Waals surface area contributed by atoms with Crippen molar-refractivity contribution in [2.75, 3.05) is 23.9 Å². The van der Waals surface area contributed by atoms with E-state index in [0.29, 0.717) is 13.1 Å². The number of aromatic nitrogens is 2. The summed E-state index contributed by atoms with van der Waals surface area (Å²) in [5.74, 6) is 1.09. The van der Waals surface area contributed by atoms with Crippen molar-refractivity contribution in [3.05, 3.63) is 41.2 Å². The number of nitrogens with one attached hydrogen (secondary N) is 1. The molecule has 0 spiro atoms. The number of rotatable bonds is 6. The number of fused-ring (bicyclic) bond motifs is 1. The molecule has 2 heterocycles. The van der Waals surface area contributed by atoms with Crippen LogP contribution in [0.15, 0.2) is 24.5 Å². The lowest BCUT2D eigenvalue weighted by atomic mass is 10.1. The molecule has 0 aliphatic carbocycles. The molecule has 0 saturated carbocycles. The predicted molar refractivity (Wildman–Crippen MR) is 89.6 cm³/mol. The van der Waals surface area contributed by atoms with Crippen molar-refractivity contribution in [1.29, 1.82) is 0 Å². The van der Waals surface area contributed by atoms with E-state index in [-0.39, 0.29) is 5.75 Å². The largest absolute Gasteiger partial charge is 0.493 e. The molecule has 0 saturated heterocycles. The molecule has 0 amide bonds. The summed E-state index contributed by atoms with van der Waals surface area (Å²) in [7, 11) is -2.97. The van der Waals surface area contributed by atoms with E-state index >= 15 is 0 Å². The Labute approximate surface area is 136 Å². The Bertz CT molecular complexity index is 812. The Morgan fingerprint density at radius 2 is 2.22 bits per heavy atom. The summed E-state index contributed by atoms with van der Waals surface area (Å²) < 4.78 is 29.6. The normalized spacial score (nSPS) is 13.7. The van der Waals surface area contributed by atoms with Crippen LogP contribution < -0.4 is 10.1 Å². The number of nitrogens with zero attached hydrogens (tertiary/aromatic N) is 2. The molecule has 1 aromatic heterocycles. The average molecular weight is 335 g/mol. The zero-order valence-electron chi connectivity index (χ0n) is 13.4. The van der Waals surface area contributed by atoms with Crippen LogP contribution in [0, 0.1) is 6.92 Å². The van der Waals surface area contributed by atoms with Gasteiger partial charge < -0.3 is 10.1 Å². The summed E-state index contributed by atoms with van der Waals surface area (Å²) in [6.07, 6.45) is 5.83.